The Morgan fingerprint density at radius 3 is 2.64 bits per heavy atom. The normalized spacial score (nSPS) is 17.6. The molecule has 0 spiro atoms. The Balaban J connectivity index is 3.03. The molecule has 0 bridgehead atoms. The van der Waals surface area contributed by atoms with Gasteiger partial charge < -0.3 is 4.74 Å². The first-order chi connectivity index (χ1) is 5.16. The summed E-state index contributed by atoms with van der Waals surface area (Å²) in [7, 11) is 1.45. The van der Waals surface area contributed by atoms with Crippen molar-refractivity contribution < 1.29 is 9.53 Å². The molecule has 0 heterocycles. The number of methoxy groups -OCH3 is 1. The van der Waals surface area contributed by atoms with Gasteiger partial charge in [0.05, 0.1) is 7.11 Å². The van der Waals surface area contributed by atoms with E-state index in [1.54, 1.807) is 19.1 Å². The van der Waals surface area contributed by atoms with Crippen molar-refractivity contribution in [2.24, 2.45) is 0 Å². The molecular formula is C8H9NO2. The van der Waals surface area contributed by atoms with E-state index in [4.69, 9.17) is 10.1 Å². The molecule has 3 nitrogen and oxygen atoms in total. The molecule has 58 valence electrons. The monoisotopic (exact) mass is 151 g/mol. The summed E-state index contributed by atoms with van der Waals surface area (Å²) in [5.74, 6) is 0.0740. The van der Waals surface area contributed by atoms with Gasteiger partial charge in [-0.1, -0.05) is 6.08 Å². The van der Waals surface area contributed by atoms with Gasteiger partial charge in [0.25, 0.3) is 0 Å². The number of hydrogen-bond acceptors (Lipinski definition) is 3. The van der Waals surface area contributed by atoms with Crippen LogP contribution in [0.1, 0.15) is 6.92 Å². The lowest BCUT2D eigenvalue weighted by atomic mass is 10.0. The van der Waals surface area contributed by atoms with Crippen LogP contribution in [0, 0.1) is 5.41 Å². The number of nitrogens with one attached hydrogen (secondary N) is 1. The number of rotatable bonds is 1. The average molecular weight is 151 g/mol. The van der Waals surface area contributed by atoms with Crippen LogP contribution in [0.25, 0.3) is 0 Å². The zero-order valence-corrected chi connectivity index (χ0v) is 6.47. The summed E-state index contributed by atoms with van der Waals surface area (Å²) in [4.78, 5) is 11.1. The van der Waals surface area contributed by atoms with Gasteiger partial charge in [-0.3, -0.25) is 10.2 Å². The largest absolute Gasteiger partial charge is 0.494 e. The van der Waals surface area contributed by atoms with Gasteiger partial charge in [0.1, 0.15) is 11.5 Å². The highest BCUT2D eigenvalue weighted by molar-refractivity contribution is 6.50. The van der Waals surface area contributed by atoms with Crippen LogP contribution < -0.4 is 0 Å². The van der Waals surface area contributed by atoms with E-state index in [0.717, 1.165) is 0 Å². The van der Waals surface area contributed by atoms with Gasteiger partial charge in [-0.25, -0.2) is 0 Å². The summed E-state index contributed by atoms with van der Waals surface area (Å²) in [6, 6.07) is 0. The fraction of sp³-hybridized carbons (Fsp3) is 0.250. The van der Waals surface area contributed by atoms with Crippen LogP contribution in [0.15, 0.2) is 23.5 Å². The van der Waals surface area contributed by atoms with Gasteiger partial charge in [0, 0.05) is 0 Å². The molecule has 1 N–H and O–H groups in total. The summed E-state index contributed by atoms with van der Waals surface area (Å²) in [6.45, 7) is 1.68. The van der Waals surface area contributed by atoms with Crippen LogP contribution in [-0.2, 0) is 9.53 Å². The molecule has 0 aromatic carbocycles. The topological polar surface area (TPSA) is 50.2 Å². The first-order valence-electron chi connectivity index (χ1n) is 3.23. The molecule has 0 unspecified atom stereocenters. The lowest BCUT2D eigenvalue weighted by molar-refractivity contribution is -0.109. The van der Waals surface area contributed by atoms with Gasteiger partial charge in [-0.2, -0.15) is 0 Å². The van der Waals surface area contributed by atoms with E-state index in [2.05, 4.69) is 0 Å². The van der Waals surface area contributed by atoms with Crippen LogP contribution in [0.2, 0.25) is 0 Å². The van der Waals surface area contributed by atoms with Crippen molar-refractivity contribution in [3.63, 3.8) is 0 Å². The molecule has 1 aliphatic rings. The number of carbonyl (C=O) groups is 1. The molecule has 0 aliphatic heterocycles. The van der Waals surface area contributed by atoms with Crippen molar-refractivity contribution >= 4 is 11.5 Å². The van der Waals surface area contributed by atoms with Crippen molar-refractivity contribution in [3.05, 3.63) is 23.5 Å². The third kappa shape index (κ3) is 1.22. The average Bonchev–Trinajstić information content (AvgIpc) is 2.01. The molecule has 0 radical (unpaired) electrons. The van der Waals surface area contributed by atoms with Gasteiger partial charge >= 0.3 is 0 Å². The van der Waals surface area contributed by atoms with E-state index in [1.165, 1.54) is 7.11 Å². The molecule has 1 rings (SSSR count). The minimum Gasteiger partial charge on any atom is -0.494 e. The molecule has 11 heavy (non-hydrogen) atoms. The van der Waals surface area contributed by atoms with Crippen LogP contribution in [-0.4, -0.2) is 18.6 Å². The molecule has 1 aliphatic carbocycles. The lowest BCUT2D eigenvalue weighted by Gasteiger charge is -2.10. The molecule has 0 saturated heterocycles. The Bertz CT molecular complexity index is 274. The maximum Gasteiger partial charge on any atom is 0.210 e. The maximum atomic E-state index is 11.1. The summed E-state index contributed by atoms with van der Waals surface area (Å²) < 4.78 is 4.79. The first kappa shape index (κ1) is 7.72. The van der Waals surface area contributed by atoms with Crippen molar-refractivity contribution in [2.75, 3.05) is 7.11 Å². The fourth-order valence-electron chi connectivity index (χ4n) is 0.839. The van der Waals surface area contributed by atoms with E-state index in [-0.39, 0.29) is 11.5 Å². The van der Waals surface area contributed by atoms with E-state index >= 15 is 0 Å². The quantitative estimate of drug-likeness (QED) is 0.570. The highest BCUT2D eigenvalue weighted by atomic mass is 16.5. The van der Waals surface area contributed by atoms with Crippen molar-refractivity contribution in [1.29, 1.82) is 5.41 Å². The first-order valence-corrected chi connectivity index (χ1v) is 3.23. The molecule has 0 amide bonds. The number of Topliss-reactive ketones (excluding diaryl/α,β-unsaturated/α-hetero) is 1. The molecule has 3 heteroatoms. The second-order valence-corrected chi connectivity index (χ2v) is 2.29. The van der Waals surface area contributed by atoms with Gasteiger partial charge in [-0.15, -0.1) is 0 Å². The lowest BCUT2D eigenvalue weighted by Crippen LogP contribution is -2.20. The molecule has 0 saturated carbocycles. The molecule has 0 aromatic heterocycles. The SMILES string of the molecule is COC1=CC=C(C)C(=O)C1=N. The van der Waals surface area contributed by atoms with Crippen molar-refractivity contribution in [3.8, 4) is 0 Å². The number of carbonyl (C=O) groups excluding carboxylic acids is 1. The van der Waals surface area contributed by atoms with Crippen molar-refractivity contribution in [1.82, 2.24) is 0 Å². The zero-order chi connectivity index (χ0) is 8.43. The summed E-state index contributed by atoms with van der Waals surface area (Å²) >= 11 is 0. The smallest absolute Gasteiger partial charge is 0.210 e. The van der Waals surface area contributed by atoms with Crippen LogP contribution >= 0.6 is 0 Å². The number of allylic oxidation sites excluding steroid dienone is 4. The van der Waals surface area contributed by atoms with E-state index < -0.39 is 0 Å². The molecule has 0 fully saturated rings. The van der Waals surface area contributed by atoms with E-state index in [0.29, 0.717) is 11.3 Å². The van der Waals surface area contributed by atoms with Crippen LogP contribution in [0.4, 0.5) is 0 Å². The Morgan fingerprint density at radius 2 is 2.09 bits per heavy atom. The summed E-state index contributed by atoms with van der Waals surface area (Å²) in [6.07, 6.45) is 3.28. The maximum absolute atomic E-state index is 11.1. The highest BCUT2D eigenvalue weighted by Crippen LogP contribution is 2.11. The van der Waals surface area contributed by atoms with Gasteiger partial charge in [0.2, 0.25) is 5.78 Å². The second-order valence-electron chi connectivity index (χ2n) is 2.29. The Morgan fingerprint density at radius 1 is 1.45 bits per heavy atom. The van der Waals surface area contributed by atoms with Gasteiger partial charge in [-0.05, 0) is 18.6 Å². The van der Waals surface area contributed by atoms with Gasteiger partial charge in [0.15, 0.2) is 0 Å². The highest BCUT2D eigenvalue weighted by Gasteiger charge is 2.19. The summed E-state index contributed by atoms with van der Waals surface area (Å²) in [5.41, 5.74) is 0.517. The standard InChI is InChI=1S/C8H9NO2/c1-5-3-4-6(11-2)7(9)8(5)10/h3-4,9H,1-2H3. The minimum atomic E-state index is -0.260. The molecular weight excluding hydrogens is 142 g/mol. The van der Waals surface area contributed by atoms with E-state index in [1.807, 2.05) is 0 Å². The number of hydrogen-bond donors (Lipinski definition) is 1. The third-order valence-corrected chi connectivity index (χ3v) is 1.54. The number of ether oxygens (including phenoxy) is 1. The van der Waals surface area contributed by atoms with E-state index in [9.17, 15) is 4.79 Å². The number of ketones is 1. The Labute approximate surface area is 64.9 Å². The fourth-order valence-corrected chi connectivity index (χ4v) is 0.839. The predicted molar refractivity (Wildman–Crippen MR) is 41.6 cm³/mol. The summed E-state index contributed by atoms with van der Waals surface area (Å²) in [5, 5.41) is 7.30. The van der Waals surface area contributed by atoms with Crippen LogP contribution in [0.5, 0.6) is 0 Å². The minimum absolute atomic E-state index is 0.0625. The zero-order valence-electron chi connectivity index (χ0n) is 6.47. The third-order valence-electron chi connectivity index (χ3n) is 1.54. The van der Waals surface area contributed by atoms with Crippen LogP contribution in [0.3, 0.4) is 0 Å². The molecule has 0 aromatic rings. The Hall–Kier alpha value is -1.38. The van der Waals surface area contributed by atoms with Crippen molar-refractivity contribution in [2.45, 2.75) is 6.92 Å². The predicted octanol–water partition coefficient (Wildman–Crippen LogP) is 1.07. The second kappa shape index (κ2) is 2.70. The molecule has 0 atom stereocenters. The Kier molecular flexibility index (Phi) is 1.89.